The van der Waals surface area contributed by atoms with Crippen molar-refractivity contribution in [2.24, 2.45) is 17.8 Å². The third-order valence-corrected chi connectivity index (χ3v) is 4.74. The molecule has 1 aliphatic carbocycles. The van der Waals surface area contributed by atoms with Crippen LogP contribution in [0.25, 0.3) is 0 Å². The Hall–Kier alpha value is -1.29. The van der Waals surface area contributed by atoms with Crippen LogP contribution in [0.2, 0.25) is 0 Å². The molecule has 0 radical (unpaired) electrons. The summed E-state index contributed by atoms with van der Waals surface area (Å²) in [5, 5.41) is 13.2. The van der Waals surface area contributed by atoms with Crippen molar-refractivity contribution in [1.29, 1.82) is 0 Å². The molecule has 0 spiro atoms. The van der Waals surface area contributed by atoms with Crippen LogP contribution in [-0.2, 0) is 10.4 Å². The van der Waals surface area contributed by atoms with Crippen LogP contribution in [-0.4, -0.2) is 17.6 Å². The van der Waals surface area contributed by atoms with Crippen molar-refractivity contribution in [3.8, 4) is 0 Å². The van der Waals surface area contributed by atoms with E-state index in [1.165, 1.54) is 6.26 Å². The maximum atomic E-state index is 12.2. The second kappa shape index (κ2) is 6.65. The van der Waals surface area contributed by atoms with Crippen molar-refractivity contribution >= 4 is 5.91 Å². The summed E-state index contributed by atoms with van der Waals surface area (Å²) in [6.45, 7) is 6.35. The lowest BCUT2D eigenvalue weighted by Gasteiger charge is -2.31. The van der Waals surface area contributed by atoms with Gasteiger partial charge in [-0.05, 0) is 56.6 Å². The second-order valence-corrected chi connectivity index (χ2v) is 6.82. The Kier molecular flexibility index (Phi) is 5.09. The molecule has 4 heteroatoms. The molecule has 1 heterocycles. The predicted octanol–water partition coefficient (Wildman–Crippen LogP) is 3.07. The number of nitrogens with one attached hydrogen (secondary N) is 1. The van der Waals surface area contributed by atoms with Crippen LogP contribution in [0.5, 0.6) is 0 Å². The van der Waals surface area contributed by atoms with E-state index >= 15 is 0 Å². The molecule has 118 valence electrons. The molecule has 21 heavy (non-hydrogen) atoms. The van der Waals surface area contributed by atoms with Crippen molar-refractivity contribution in [2.45, 2.75) is 52.1 Å². The fraction of sp³-hybridized carbons (Fsp3) is 0.706. The van der Waals surface area contributed by atoms with Crippen LogP contribution in [0, 0.1) is 17.8 Å². The van der Waals surface area contributed by atoms with E-state index in [1.54, 1.807) is 19.1 Å². The fourth-order valence-electron chi connectivity index (χ4n) is 3.12. The third kappa shape index (κ3) is 4.10. The Balaban J connectivity index is 1.80. The first kappa shape index (κ1) is 16.1. The number of amides is 1. The highest BCUT2D eigenvalue weighted by molar-refractivity contribution is 5.78. The number of rotatable bonds is 5. The lowest BCUT2D eigenvalue weighted by molar-refractivity contribution is -0.127. The number of hydrogen-bond acceptors (Lipinski definition) is 3. The van der Waals surface area contributed by atoms with E-state index in [9.17, 15) is 9.90 Å². The molecule has 4 nitrogen and oxygen atoms in total. The van der Waals surface area contributed by atoms with Crippen molar-refractivity contribution in [3.05, 3.63) is 24.2 Å². The van der Waals surface area contributed by atoms with E-state index in [2.05, 4.69) is 19.2 Å². The normalized spacial score (nSPS) is 25.6. The standard InChI is InChI=1S/C17H27NO3/c1-12(2)13-6-8-14(9-7-13)16(19)18-11-17(3,20)15-5-4-10-21-15/h4-5,10,12-14,20H,6-9,11H2,1-3H3,(H,18,19). The molecule has 0 aliphatic heterocycles. The fourth-order valence-corrected chi connectivity index (χ4v) is 3.12. The zero-order valence-electron chi connectivity index (χ0n) is 13.3. The maximum Gasteiger partial charge on any atom is 0.223 e. The summed E-state index contributed by atoms with van der Waals surface area (Å²) >= 11 is 0. The minimum absolute atomic E-state index is 0.0593. The second-order valence-electron chi connectivity index (χ2n) is 6.82. The highest BCUT2D eigenvalue weighted by Gasteiger charge is 2.31. The Labute approximate surface area is 126 Å². The lowest BCUT2D eigenvalue weighted by atomic mass is 9.76. The van der Waals surface area contributed by atoms with Gasteiger partial charge < -0.3 is 14.8 Å². The van der Waals surface area contributed by atoms with Gasteiger partial charge in [0, 0.05) is 5.92 Å². The minimum atomic E-state index is -1.16. The molecule has 0 aromatic carbocycles. The van der Waals surface area contributed by atoms with E-state index in [4.69, 9.17) is 4.42 Å². The van der Waals surface area contributed by atoms with Crippen molar-refractivity contribution in [3.63, 3.8) is 0 Å². The van der Waals surface area contributed by atoms with Crippen LogP contribution in [0.3, 0.4) is 0 Å². The zero-order chi connectivity index (χ0) is 15.5. The maximum absolute atomic E-state index is 12.2. The largest absolute Gasteiger partial charge is 0.466 e. The molecule has 2 rings (SSSR count). The van der Waals surface area contributed by atoms with Gasteiger partial charge in [-0.2, -0.15) is 0 Å². The third-order valence-electron chi connectivity index (χ3n) is 4.74. The van der Waals surface area contributed by atoms with Crippen LogP contribution in [0.1, 0.15) is 52.2 Å². The van der Waals surface area contributed by atoms with Crippen LogP contribution < -0.4 is 5.32 Å². The quantitative estimate of drug-likeness (QED) is 0.877. The van der Waals surface area contributed by atoms with Gasteiger partial charge in [-0.15, -0.1) is 0 Å². The molecule has 0 bridgehead atoms. The van der Waals surface area contributed by atoms with E-state index in [1.807, 2.05) is 0 Å². The van der Waals surface area contributed by atoms with E-state index in [0.717, 1.165) is 31.6 Å². The number of aliphatic hydroxyl groups is 1. The predicted molar refractivity (Wildman–Crippen MR) is 81.6 cm³/mol. The summed E-state index contributed by atoms with van der Waals surface area (Å²) < 4.78 is 5.22. The highest BCUT2D eigenvalue weighted by atomic mass is 16.4. The van der Waals surface area contributed by atoms with E-state index < -0.39 is 5.60 Å². The van der Waals surface area contributed by atoms with E-state index in [-0.39, 0.29) is 18.4 Å². The molecule has 1 unspecified atom stereocenters. The first-order valence-corrected chi connectivity index (χ1v) is 7.94. The Morgan fingerprint density at radius 1 is 1.43 bits per heavy atom. The van der Waals surface area contributed by atoms with Gasteiger partial charge in [0.25, 0.3) is 0 Å². The van der Waals surface area contributed by atoms with Gasteiger partial charge in [-0.1, -0.05) is 13.8 Å². The number of furan rings is 1. The van der Waals surface area contributed by atoms with Crippen LogP contribution >= 0.6 is 0 Å². The first-order valence-electron chi connectivity index (χ1n) is 7.94. The van der Waals surface area contributed by atoms with Crippen LogP contribution in [0.15, 0.2) is 22.8 Å². The first-order chi connectivity index (χ1) is 9.90. The Morgan fingerprint density at radius 2 is 2.10 bits per heavy atom. The Bertz CT molecular complexity index is 443. The molecule has 1 aliphatic rings. The smallest absolute Gasteiger partial charge is 0.223 e. The monoisotopic (exact) mass is 293 g/mol. The number of carbonyl (C=O) groups excluding carboxylic acids is 1. The summed E-state index contributed by atoms with van der Waals surface area (Å²) in [4.78, 5) is 12.2. The number of carbonyl (C=O) groups is 1. The topological polar surface area (TPSA) is 62.5 Å². The van der Waals surface area contributed by atoms with Gasteiger partial charge in [0.2, 0.25) is 5.91 Å². The summed E-state index contributed by atoms with van der Waals surface area (Å²) in [6, 6.07) is 3.46. The van der Waals surface area contributed by atoms with Gasteiger partial charge in [0.15, 0.2) is 0 Å². The molecule has 1 aromatic heterocycles. The average Bonchev–Trinajstić information content (AvgIpc) is 3.00. The number of hydrogen-bond donors (Lipinski definition) is 2. The SMILES string of the molecule is CC(C)C1CCC(C(=O)NCC(C)(O)c2ccco2)CC1. The van der Waals surface area contributed by atoms with Gasteiger partial charge >= 0.3 is 0 Å². The van der Waals surface area contributed by atoms with Crippen molar-refractivity contribution < 1.29 is 14.3 Å². The summed E-state index contributed by atoms with van der Waals surface area (Å²) in [6.07, 6.45) is 5.70. The molecule has 1 saturated carbocycles. The summed E-state index contributed by atoms with van der Waals surface area (Å²) in [7, 11) is 0. The summed E-state index contributed by atoms with van der Waals surface area (Å²) in [5.41, 5.74) is -1.16. The highest BCUT2D eigenvalue weighted by Crippen LogP contribution is 2.33. The Morgan fingerprint density at radius 3 is 2.62 bits per heavy atom. The molecule has 2 N–H and O–H groups in total. The molecule has 0 saturated heterocycles. The molecule has 1 aromatic rings. The minimum Gasteiger partial charge on any atom is -0.466 e. The van der Waals surface area contributed by atoms with Gasteiger partial charge in [0.05, 0.1) is 12.8 Å². The van der Waals surface area contributed by atoms with Gasteiger partial charge in [-0.3, -0.25) is 4.79 Å². The van der Waals surface area contributed by atoms with Crippen molar-refractivity contribution in [2.75, 3.05) is 6.54 Å². The molecule has 1 amide bonds. The molecular weight excluding hydrogens is 266 g/mol. The average molecular weight is 293 g/mol. The van der Waals surface area contributed by atoms with E-state index in [0.29, 0.717) is 11.7 Å². The van der Waals surface area contributed by atoms with Crippen molar-refractivity contribution in [1.82, 2.24) is 5.32 Å². The van der Waals surface area contributed by atoms with Gasteiger partial charge in [0.1, 0.15) is 11.4 Å². The molecular formula is C17H27NO3. The molecule has 1 atom stereocenters. The summed E-state index contributed by atoms with van der Waals surface area (Å²) in [5.74, 6) is 2.08. The lowest BCUT2D eigenvalue weighted by Crippen LogP contribution is -2.42. The molecule has 1 fully saturated rings. The van der Waals surface area contributed by atoms with Crippen LogP contribution in [0.4, 0.5) is 0 Å². The van der Waals surface area contributed by atoms with Gasteiger partial charge in [-0.25, -0.2) is 0 Å². The zero-order valence-corrected chi connectivity index (χ0v) is 13.3.